The maximum Gasteiger partial charge on any atom is 0.325 e. The number of methoxy groups -OCH3 is 1. The van der Waals surface area contributed by atoms with Gasteiger partial charge in [0, 0.05) is 13.7 Å². The van der Waals surface area contributed by atoms with Crippen LogP contribution in [0.2, 0.25) is 0 Å². The number of hydrogen-bond acceptors (Lipinski definition) is 3. The predicted octanol–water partition coefficient (Wildman–Crippen LogP) is 1.28. The normalized spacial score (nSPS) is 25.2. The zero-order chi connectivity index (χ0) is 12.5. The molecular weight excluding hydrogens is 220 g/mol. The Morgan fingerprint density at radius 1 is 1.35 bits per heavy atom. The van der Waals surface area contributed by atoms with Crippen molar-refractivity contribution in [2.45, 2.75) is 50.7 Å². The Balaban J connectivity index is 2.20. The Morgan fingerprint density at radius 3 is 2.59 bits per heavy atom. The van der Waals surface area contributed by atoms with E-state index in [1.54, 1.807) is 12.0 Å². The molecule has 1 saturated heterocycles. The van der Waals surface area contributed by atoms with E-state index in [0.29, 0.717) is 6.54 Å². The Kier molecular flexibility index (Phi) is 3.38. The number of nitrogens with zero attached hydrogens (tertiary/aromatic N) is 1. The quantitative estimate of drug-likeness (QED) is 0.756. The van der Waals surface area contributed by atoms with Crippen LogP contribution in [0.25, 0.3) is 0 Å². The minimum atomic E-state index is -0.595. The van der Waals surface area contributed by atoms with Crippen molar-refractivity contribution in [1.82, 2.24) is 10.2 Å². The molecule has 1 spiro atoms. The fourth-order valence-electron chi connectivity index (χ4n) is 2.82. The molecule has 1 unspecified atom stereocenters. The first-order valence-corrected chi connectivity index (χ1v) is 6.26. The van der Waals surface area contributed by atoms with Gasteiger partial charge >= 0.3 is 6.03 Å². The Bertz CT molecular complexity index is 324. The van der Waals surface area contributed by atoms with Crippen LogP contribution < -0.4 is 5.32 Å². The molecule has 1 aliphatic carbocycles. The van der Waals surface area contributed by atoms with Gasteiger partial charge in [-0.05, 0) is 19.8 Å². The summed E-state index contributed by atoms with van der Waals surface area (Å²) in [6.45, 7) is 2.39. The fourth-order valence-corrected chi connectivity index (χ4v) is 2.82. The van der Waals surface area contributed by atoms with Crippen LogP contribution in [0.1, 0.15) is 39.0 Å². The van der Waals surface area contributed by atoms with Crippen LogP contribution >= 0.6 is 0 Å². The lowest BCUT2D eigenvalue weighted by atomic mass is 9.80. The van der Waals surface area contributed by atoms with Crippen LogP contribution in [-0.2, 0) is 9.53 Å². The second kappa shape index (κ2) is 4.64. The van der Waals surface area contributed by atoms with Crippen LogP contribution in [0.3, 0.4) is 0 Å². The van der Waals surface area contributed by atoms with Crippen LogP contribution in [0.5, 0.6) is 0 Å². The van der Waals surface area contributed by atoms with E-state index in [9.17, 15) is 9.59 Å². The van der Waals surface area contributed by atoms with Gasteiger partial charge in [0.1, 0.15) is 5.54 Å². The number of urea groups is 1. The van der Waals surface area contributed by atoms with E-state index in [2.05, 4.69) is 5.32 Å². The second-order valence-electron chi connectivity index (χ2n) is 5.01. The molecule has 5 heteroatoms. The lowest BCUT2D eigenvalue weighted by Gasteiger charge is -2.39. The molecule has 0 aromatic heterocycles. The van der Waals surface area contributed by atoms with Gasteiger partial charge in [-0.15, -0.1) is 0 Å². The van der Waals surface area contributed by atoms with Gasteiger partial charge in [0.15, 0.2) is 0 Å². The molecule has 3 amide bonds. The molecule has 1 atom stereocenters. The summed E-state index contributed by atoms with van der Waals surface area (Å²) in [5.74, 6) is -0.120. The summed E-state index contributed by atoms with van der Waals surface area (Å²) < 4.78 is 5.20. The van der Waals surface area contributed by atoms with Crippen molar-refractivity contribution in [2.24, 2.45) is 0 Å². The van der Waals surface area contributed by atoms with E-state index in [4.69, 9.17) is 4.74 Å². The number of carbonyl (C=O) groups excluding carboxylic acids is 2. The Hall–Kier alpha value is -1.10. The first-order valence-electron chi connectivity index (χ1n) is 6.26. The number of imide groups is 1. The summed E-state index contributed by atoms with van der Waals surface area (Å²) >= 11 is 0. The summed E-state index contributed by atoms with van der Waals surface area (Å²) in [6.07, 6.45) is 4.68. The van der Waals surface area contributed by atoms with Gasteiger partial charge in [-0.2, -0.15) is 0 Å². The molecule has 0 radical (unpaired) electrons. The van der Waals surface area contributed by atoms with Gasteiger partial charge in [0.25, 0.3) is 5.91 Å². The SMILES string of the molecule is COC(C)CN1C(=O)NC(=O)C12CCCCC2. The van der Waals surface area contributed by atoms with E-state index < -0.39 is 5.54 Å². The fraction of sp³-hybridized carbons (Fsp3) is 0.833. The van der Waals surface area contributed by atoms with Gasteiger partial charge in [-0.25, -0.2) is 4.79 Å². The Morgan fingerprint density at radius 2 is 2.00 bits per heavy atom. The summed E-state index contributed by atoms with van der Waals surface area (Å²) in [4.78, 5) is 25.6. The standard InChI is InChI=1S/C12H20N2O3/c1-9(17-2)8-14-11(16)13-10(15)12(14)6-4-3-5-7-12/h9H,3-8H2,1-2H3,(H,13,15,16). The third kappa shape index (κ3) is 2.04. The maximum absolute atomic E-state index is 12.0. The highest BCUT2D eigenvalue weighted by Crippen LogP contribution is 2.37. The topological polar surface area (TPSA) is 58.6 Å². The predicted molar refractivity (Wildman–Crippen MR) is 62.5 cm³/mol. The molecule has 2 fully saturated rings. The molecule has 0 bridgehead atoms. The third-order valence-electron chi connectivity index (χ3n) is 3.93. The summed E-state index contributed by atoms with van der Waals surface area (Å²) in [5, 5.41) is 2.45. The van der Waals surface area contributed by atoms with Gasteiger partial charge in [0.05, 0.1) is 6.10 Å². The van der Waals surface area contributed by atoms with Gasteiger partial charge in [-0.1, -0.05) is 19.3 Å². The highest BCUT2D eigenvalue weighted by molar-refractivity contribution is 6.07. The largest absolute Gasteiger partial charge is 0.380 e. The summed E-state index contributed by atoms with van der Waals surface area (Å²) in [6, 6.07) is -0.263. The van der Waals surface area contributed by atoms with Crippen molar-refractivity contribution in [2.75, 3.05) is 13.7 Å². The molecule has 17 heavy (non-hydrogen) atoms. The molecule has 0 aromatic rings. The highest BCUT2D eigenvalue weighted by atomic mass is 16.5. The van der Waals surface area contributed by atoms with E-state index in [-0.39, 0.29) is 18.0 Å². The Labute approximate surface area is 101 Å². The van der Waals surface area contributed by atoms with Crippen molar-refractivity contribution >= 4 is 11.9 Å². The van der Waals surface area contributed by atoms with Crippen molar-refractivity contribution in [3.63, 3.8) is 0 Å². The molecule has 1 aliphatic heterocycles. The molecule has 2 rings (SSSR count). The highest BCUT2D eigenvalue weighted by Gasteiger charge is 2.52. The minimum absolute atomic E-state index is 0.0505. The zero-order valence-electron chi connectivity index (χ0n) is 10.5. The molecule has 1 N–H and O–H groups in total. The summed E-state index contributed by atoms with van der Waals surface area (Å²) in [5.41, 5.74) is -0.595. The maximum atomic E-state index is 12.0. The number of carbonyl (C=O) groups is 2. The van der Waals surface area contributed by atoms with Gasteiger partial charge in [0.2, 0.25) is 0 Å². The van der Waals surface area contributed by atoms with Crippen molar-refractivity contribution < 1.29 is 14.3 Å². The number of rotatable bonds is 3. The average Bonchev–Trinajstić information content (AvgIpc) is 2.55. The van der Waals surface area contributed by atoms with Crippen molar-refractivity contribution in [3.8, 4) is 0 Å². The first-order chi connectivity index (χ1) is 8.10. The van der Waals surface area contributed by atoms with E-state index in [1.807, 2.05) is 6.92 Å². The van der Waals surface area contributed by atoms with Crippen LogP contribution in [0, 0.1) is 0 Å². The molecule has 1 heterocycles. The van der Waals surface area contributed by atoms with Crippen molar-refractivity contribution in [3.05, 3.63) is 0 Å². The number of hydrogen-bond donors (Lipinski definition) is 1. The molecular formula is C12H20N2O3. The lowest BCUT2D eigenvalue weighted by molar-refractivity contribution is -0.128. The molecule has 5 nitrogen and oxygen atoms in total. The monoisotopic (exact) mass is 240 g/mol. The van der Waals surface area contributed by atoms with E-state index in [1.165, 1.54) is 0 Å². The number of ether oxygens (including phenoxy) is 1. The average molecular weight is 240 g/mol. The van der Waals surface area contributed by atoms with Crippen LogP contribution in [0.15, 0.2) is 0 Å². The van der Waals surface area contributed by atoms with Crippen LogP contribution in [-0.4, -0.2) is 42.1 Å². The smallest absolute Gasteiger partial charge is 0.325 e. The minimum Gasteiger partial charge on any atom is -0.380 e. The molecule has 96 valence electrons. The lowest BCUT2D eigenvalue weighted by Crippen LogP contribution is -2.53. The third-order valence-corrected chi connectivity index (χ3v) is 3.93. The number of nitrogens with one attached hydrogen (secondary N) is 1. The second-order valence-corrected chi connectivity index (χ2v) is 5.01. The van der Waals surface area contributed by atoms with Gasteiger partial charge in [-0.3, -0.25) is 10.1 Å². The van der Waals surface area contributed by atoms with Crippen molar-refractivity contribution in [1.29, 1.82) is 0 Å². The molecule has 1 saturated carbocycles. The van der Waals surface area contributed by atoms with E-state index >= 15 is 0 Å². The first kappa shape index (κ1) is 12.4. The molecule has 2 aliphatic rings. The number of amides is 3. The van der Waals surface area contributed by atoms with Crippen LogP contribution in [0.4, 0.5) is 4.79 Å². The molecule has 0 aromatic carbocycles. The summed E-state index contributed by atoms with van der Waals surface area (Å²) in [7, 11) is 1.62. The van der Waals surface area contributed by atoms with E-state index in [0.717, 1.165) is 32.1 Å². The zero-order valence-corrected chi connectivity index (χ0v) is 10.5. The van der Waals surface area contributed by atoms with Gasteiger partial charge < -0.3 is 9.64 Å².